The summed E-state index contributed by atoms with van der Waals surface area (Å²) in [5.41, 5.74) is 2.55. The Morgan fingerprint density at radius 3 is 2.66 bits per heavy atom. The first-order valence-corrected chi connectivity index (χ1v) is 12.5. The van der Waals surface area contributed by atoms with E-state index < -0.39 is 12.0 Å². The summed E-state index contributed by atoms with van der Waals surface area (Å²) in [6.07, 6.45) is 1.89. The fraction of sp³-hybridized carbons (Fsp3) is 0.240. The van der Waals surface area contributed by atoms with Crippen LogP contribution in [0.3, 0.4) is 0 Å². The number of nitrogens with one attached hydrogen (secondary N) is 1. The van der Waals surface area contributed by atoms with Gasteiger partial charge in [-0.25, -0.2) is 9.79 Å². The number of esters is 1. The van der Waals surface area contributed by atoms with Crippen molar-refractivity contribution in [3.8, 4) is 11.5 Å². The van der Waals surface area contributed by atoms with E-state index in [0.29, 0.717) is 28.5 Å². The van der Waals surface area contributed by atoms with E-state index in [2.05, 4.69) is 26.2 Å². The number of ether oxygens (including phenoxy) is 3. The van der Waals surface area contributed by atoms with Crippen molar-refractivity contribution in [1.29, 1.82) is 0 Å². The number of carbonyl (C=O) groups is 2. The molecule has 2 aromatic rings. The molecule has 2 aromatic carbocycles. The topological polar surface area (TPSA) is 89.5 Å². The molecule has 35 heavy (non-hydrogen) atoms. The molecule has 8 nitrogen and oxygen atoms in total. The number of benzene rings is 2. The third-order valence-electron chi connectivity index (χ3n) is 5.31. The van der Waals surface area contributed by atoms with Gasteiger partial charge in [0.05, 0.1) is 31.0 Å². The molecule has 10 heteroatoms. The van der Waals surface area contributed by atoms with E-state index in [1.807, 2.05) is 34.7 Å². The molecule has 0 spiro atoms. The van der Waals surface area contributed by atoms with E-state index >= 15 is 0 Å². The summed E-state index contributed by atoms with van der Waals surface area (Å²) >= 11 is 4.85. The Kier molecular flexibility index (Phi) is 7.82. The van der Waals surface area contributed by atoms with Crippen molar-refractivity contribution in [3.63, 3.8) is 0 Å². The number of allylic oxidation sites excluding steroid dienone is 1. The van der Waals surface area contributed by atoms with Gasteiger partial charge < -0.3 is 24.4 Å². The van der Waals surface area contributed by atoms with Gasteiger partial charge in [-0.2, -0.15) is 0 Å². The van der Waals surface area contributed by atoms with Crippen LogP contribution < -0.4 is 14.8 Å². The SMILES string of the molecule is CCOC(=O)C1=C(C)N=C2SC=CN2[C@@H]1c1ccc(OCC(=O)Nc2ccc(Br)cc2)c(OC)c1. The molecule has 0 saturated heterocycles. The number of methoxy groups -OCH3 is 1. The molecule has 2 heterocycles. The smallest absolute Gasteiger partial charge is 0.338 e. The fourth-order valence-corrected chi connectivity index (χ4v) is 4.80. The molecule has 4 rings (SSSR count). The van der Waals surface area contributed by atoms with E-state index in [0.717, 1.165) is 15.2 Å². The van der Waals surface area contributed by atoms with Gasteiger partial charge in [0.1, 0.15) is 0 Å². The molecule has 2 aliphatic heterocycles. The summed E-state index contributed by atoms with van der Waals surface area (Å²) in [5.74, 6) is 0.150. The number of rotatable bonds is 8. The quantitative estimate of drug-likeness (QED) is 0.443. The first-order valence-electron chi connectivity index (χ1n) is 10.9. The van der Waals surface area contributed by atoms with Crippen LogP contribution in [0.15, 0.2) is 74.8 Å². The number of carbonyl (C=O) groups excluding carboxylic acids is 2. The van der Waals surface area contributed by atoms with Gasteiger partial charge in [0.2, 0.25) is 0 Å². The number of aliphatic imine (C=N–C) groups is 1. The van der Waals surface area contributed by atoms with Gasteiger partial charge in [0.25, 0.3) is 5.91 Å². The Balaban J connectivity index is 1.55. The second-order valence-electron chi connectivity index (χ2n) is 7.58. The lowest BCUT2D eigenvalue weighted by Gasteiger charge is -2.33. The lowest BCUT2D eigenvalue weighted by Crippen LogP contribution is -2.34. The number of nitrogens with zero attached hydrogens (tertiary/aromatic N) is 2. The van der Waals surface area contributed by atoms with Crippen molar-refractivity contribution in [2.45, 2.75) is 19.9 Å². The van der Waals surface area contributed by atoms with E-state index in [9.17, 15) is 9.59 Å². The molecule has 0 fully saturated rings. The number of anilines is 1. The Labute approximate surface area is 216 Å². The molecule has 0 aromatic heterocycles. The summed E-state index contributed by atoms with van der Waals surface area (Å²) < 4.78 is 17.5. The Morgan fingerprint density at radius 2 is 1.94 bits per heavy atom. The molecule has 0 aliphatic carbocycles. The summed E-state index contributed by atoms with van der Waals surface area (Å²) in [7, 11) is 1.53. The first-order chi connectivity index (χ1) is 16.9. The van der Waals surface area contributed by atoms with Crippen LogP contribution in [0.2, 0.25) is 0 Å². The maximum absolute atomic E-state index is 12.8. The summed E-state index contributed by atoms with van der Waals surface area (Å²) in [5, 5.41) is 5.49. The van der Waals surface area contributed by atoms with Crippen LogP contribution in [0.4, 0.5) is 5.69 Å². The van der Waals surface area contributed by atoms with Crippen LogP contribution in [0, 0.1) is 0 Å². The first kappa shape index (κ1) is 24.9. The number of amides is 1. The molecule has 1 atom stereocenters. The maximum Gasteiger partial charge on any atom is 0.338 e. The highest BCUT2D eigenvalue weighted by Gasteiger charge is 2.37. The predicted molar refractivity (Wildman–Crippen MR) is 139 cm³/mol. The van der Waals surface area contributed by atoms with Crippen molar-refractivity contribution in [3.05, 3.63) is 75.4 Å². The van der Waals surface area contributed by atoms with Crippen LogP contribution in [0.1, 0.15) is 25.5 Å². The van der Waals surface area contributed by atoms with Crippen molar-refractivity contribution in [2.24, 2.45) is 4.99 Å². The molecule has 0 saturated carbocycles. The lowest BCUT2D eigenvalue weighted by molar-refractivity contribution is -0.139. The molecule has 182 valence electrons. The number of fused-ring (bicyclic) bond motifs is 1. The Morgan fingerprint density at radius 1 is 1.17 bits per heavy atom. The molecular weight excluding hydrogens is 534 g/mol. The number of thioether (sulfide) groups is 1. The predicted octanol–water partition coefficient (Wildman–Crippen LogP) is 5.24. The van der Waals surface area contributed by atoms with Gasteiger partial charge >= 0.3 is 5.97 Å². The second kappa shape index (κ2) is 11.0. The van der Waals surface area contributed by atoms with E-state index in [-0.39, 0.29) is 19.1 Å². The van der Waals surface area contributed by atoms with Gasteiger partial charge in [0, 0.05) is 16.4 Å². The highest BCUT2D eigenvalue weighted by Crippen LogP contribution is 2.43. The van der Waals surface area contributed by atoms with Crippen LogP contribution >= 0.6 is 27.7 Å². The van der Waals surface area contributed by atoms with Crippen LogP contribution in [-0.4, -0.2) is 42.3 Å². The standard InChI is InChI=1S/C25H24BrN3O5S/c1-4-33-24(31)22-15(2)27-25-29(11-12-35-25)23(22)16-5-10-19(20(13-16)32-3)34-14-21(30)28-18-8-6-17(26)7-9-18/h5-13,23H,4,14H2,1-3H3,(H,28,30)/t23-/m1/s1. The molecule has 1 amide bonds. The second-order valence-corrected chi connectivity index (χ2v) is 9.37. The average Bonchev–Trinajstić information content (AvgIpc) is 3.31. The molecule has 0 radical (unpaired) electrons. The van der Waals surface area contributed by atoms with Gasteiger partial charge in [-0.1, -0.05) is 33.8 Å². The molecule has 1 N–H and O–H groups in total. The number of hydrogen-bond donors (Lipinski definition) is 1. The van der Waals surface area contributed by atoms with E-state index in [1.165, 1.54) is 18.9 Å². The van der Waals surface area contributed by atoms with E-state index in [1.54, 1.807) is 38.1 Å². The maximum atomic E-state index is 12.8. The summed E-state index contributed by atoms with van der Waals surface area (Å²) in [6.45, 7) is 3.65. The Bertz CT molecular complexity index is 1230. The van der Waals surface area contributed by atoms with Crippen molar-refractivity contribution < 1.29 is 23.8 Å². The van der Waals surface area contributed by atoms with Crippen molar-refractivity contribution in [1.82, 2.24) is 4.90 Å². The zero-order chi connectivity index (χ0) is 24.9. The molecular formula is C25H24BrN3O5S. The van der Waals surface area contributed by atoms with Gasteiger partial charge in [-0.05, 0) is 61.2 Å². The van der Waals surface area contributed by atoms with Gasteiger partial charge in [-0.15, -0.1) is 0 Å². The fourth-order valence-electron chi connectivity index (χ4n) is 3.75. The minimum Gasteiger partial charge on any atom is -0.493 e. The summed E-state index contributed by atoms with van der Waals surface area (Å²) in [6, 6.07) is 12.2. The highest BCUT2D eigenvalue weighted by molar-refractivity contribution is 9.10. The summed E-state index contributed by atoms with van der Waals surface area (Å²) in [4.78, 5) is 31.7. The third kappa shape index (κ3) is 5.54. The van der Waals surface area contributed by atoms with Crippen molar-refractivity contribution in [2.75, 3.05) is 25.6 Å². The minimum atomic E-state index is -0.434. The third-order valence-corrected chi connectivity index (χ3v) is 6.61. The normalized spacial score (nSPS) is 16.5. The average molecular weight is 558 g/mol. The zero-order valence-electron chi connectivity index (χ0n) is 19.4. The molecule has 0 unspecified atom stereocenters. The van der Waals surface area contributed by atoms with E-state index in [4.69, 9.17) is 14.2 Å². The van der Waals surface area contributed by atoms with Crippen LogP contribution in [0.5, 0.6) is 11.5 Å². The number of halogens is 1. The van der Waals surface area contributed by atoms with Crippen LogP contribution in [-0.2, 0) is 14.3 Å². The molecule has 0 bridgehead atoms. The Hall–Kier alpha value is -3.24. The zero-order valence-corrected chi connectivity index (χ0v) is 21.8. The van der Waals surface area contributed by atoms with Gasteiger partial charge in [0.15, 0.2) is 23.3 Å². The van der Waals surface area contributed by atoms with Crippen molar-refractivity contribution >= 4 is 50.4 Å². The number of amidine groups is 1. The highest BCUT2D eigenvalue weighted by atomic mass is 79.9. The minimum absolute atomic E-state index is 0.190. The van der Waals surface area contributed by atoms with Crippen LogP contribution in [0.25, 0.3) is 0 Å². The number of hydrogen-bond acceptors (Lipinski definition) is 8. The monoisotopic (exact) mass is 557 g/mol. The lowest BCUT2D eigenvalue weighted by atomic mass is 9.94. The molecule has 2 aliphatic rings. The largest absolute Gasteiger partial charge is 0.493 e. The van der Waals surface area contributed by atoms with Gasteiger partial charge in [-0.3, -0.25) is 4.79 Å².